The van der Waals surface area contributed by atoms with E-state index in [4.69, 9.17) is 14.4 Å². The van der Waals surface area contributed by atoms with Crippen LogP contribution in [-0.4, -0.2) is 14.5 Å². The van der Waals surface area contributed by atoms with Gasteiger partial charge < -0.3 is 4.42 Å². The van der Waals surface area contributed by atoms with Gasteiger partial charge in [0.25, 0.3) is 0 Å². The number of rotatable bonds is 5. The van der Waals surface area contributed by atoms with Crippen molar-refractivity contribution in [2.45, 2.75) is 0 Å². The van der Waals surface area contributed by atoms with Crippen molar-refractivity contribution in [1.82, 2.24) is 14.5 Å². The largest absolute Gasteiger partial charge is 0.455 e. The summed E-state index contributed by atoms with van der Waals surface area (Å²) in [6.07, 6.45) is 0. The highest BCUT2D eigenvalue weighted by Crippen LogP contribution is 2.43. The highest BCUT2D eigenvalue weighted by Gasteiger charge is 2.23. The number of para-hydroxylation sites is 2. The Hall–Kier alpha value is -8.34. The molecule has 62 heavy (non-hydrogen) atoms. The monoisotopic (exact) mass is 789 g/mol. The van der Waals surface area contributed by atoms with Crippen LogP contribution < -0.4 is 0 Å². The van der Waals surface area contributed by atoms with Crippen LogP contribution in [0.3, 0.4) is 0 Å². The zero-order valence-electron chi connectivity index (χ0n) is 33.5. The molecule has 0 spiro atoms. The zero-order chi connectivity index (χ0) is 40.7. The van der Waals surface area contributed by atoms with Gasteiger partial charge in [-0.2, -0.15) is 0 Å². The third-order valence-corrected chi connectivity index (χ3v) is 12.6. The fraction of sp³-hybridized carbons (Fsp3) is 0. The molecule has 0 fully saturated rings. The Labute approximate surface area is 356 Å². The van der Waals surface area contributed by atoms with E-state index in [1.165, 1.54) is 16.2 Å². The van der Waals surface area contributed by atoms with Crippen LogP contribution in [0.1, 0.15) is 0 Å². The summed E-state index contributed by atoms with van der Waals surface area (Å²) < 4.78 is 9.02. The van der Waals surface area contributed by atoms with E-state index in [0.29, 0.717) is 5.95 Å². The molecule has 0 amide bonds. The topological polar surface area (TPSA) is 43.9 Å². The Bertz CT molecular complexity index is 3920. The first-order chi connectivity index (χ1) is 30.7. The SMILES string of the molecule is c1ccc(-c2cc3nc(-n4c5cc(-c6ccc7ccccc7c6)ccc5c5cc6ccccc6cc54)nc(-c4cccc5c4oc4ccccc45)c3cc2-c2ccccc2)cc1. The van der Waals surface area contributed by atoms with E-state index >= 15 is 0 Å². The highest BCUT2D eigenvalue weighted by atomic mass is 16.3. The Morgan fingerprint density at radius 3 is 1.74 bits per heavy atom. The van der Waals surface area contributed by atoms with Crippen LogP contribution in [0.5, 0.6) is 0 Å². The number of benzene rings is 10. The first-order valence-electron chi connectivity index (χ1n) is 21.1. The van der Waals surface area contributed by atoms with Crippen molar-refractivity contribution in [3.63, 3.8) is 0 Å². The van der Waals surface area contributed by atoms with Crippen LogP contribution in [0.2, 0.25) is 0 Å². The molecule has 4 nitrogen and oxygen atoms in total. The van der Waals surface area contributed by atoms with E-state index in [2.05, 4.69) is 205 Å². The van der Waals surface area contributed by atoms with Crippen molar-refractivity contribution in [3.05, 3.63) is 212 Å². The summed E-state index contributed by atoms with van der Waals surface area (Å²) in [5, 5.41) is 10.2. The van der Waals surface area contributed by atoms with E-state index in [9.17, 15) is 0 Å². The molecular formula is C58H35N3O. The molecule has 0 aliphatic rings. The lowest BCUT2D eigenvalue weighted by molar-refractivity contribution is 0.670. The fourth-order valence-electron chi connectivity index (χ4n) is 9.58. The van der Waals surface area contributed by atoms with Gasteiger partial charge in [0.2, 0.25) is 5.95 Å². The molecule has 4 heteroatoms. The molecule has 13 rings (SSSR count). The maximum Gasteiger partial charge on any atom is 0.235 e. The molecule has 0 aliphatic carbocycles. The molecule has 0 N–H and O–H groups in total. The zero-order valence-corrected chi connectivity index (χ0v) is 33.5. The highest BCUT2D eigenvalue weighted by molar-refractivity contribution is 6.15. The molecule has 3 heterocycles. The Balaban J connectivity index is 1.16. The van der Waals surface area contributed by atoms with E-state index < -0.39 is 0 Å². The van der Waals surface area contributed by atoms with Gasteiger partial charge in [-0.3, -0.25) is 4.57 Å². The number of furan rings is 1. The lowest BCUT2D eigenvalue weighted by Crippen LogP contribution is -2.04. The van der Waals surface area contributed by atoms with E-state index in [0.717, 1.165) is 105 Å². The minimum atomic E-state index is 0.595. The van der Waals surface area contributed by atoms with E-state index in [1.54, 1.807) is 0 Å². The molecule has 288 valence electrons. The summed E-state index contributed by atoms with van der Waals surface area (Å²) in [5.74, 6) is 0.595. The Kier molecular flexibility index (Phi) is 7.57. The smallest absolute Gasteiger partial charge is 0.235 e. The van der Waals surface area contributed by atoms with Crippen molar-refractivity contribution >= 4 is 76.2 Å². The second-order valence-corrected chi connectivity index (χ2v) is 16.1. The number of hydrogen-bond acceptors (Lipinski definition) is 3. The van der Waals surface area contributed by atoms with Crippen molar-refractivity contribution < 1.29 is 4.42 Å². The van der Waals surface area contributed by atoms with Gasteiger partial charge in [-0.05, 0) is 103 Å². The molecule has 0 unspecified atom stereocenters. The minimum Gasteiger partial charge on any atom is -0.455 e. The van der Waals surface area contributed by atoms with Gasteiger partial charge in [0.15, 0.2) is 0 Å². The lowest BCUT2D eigenvalue weighted by Gasteiger charge is -2.16. The summed E-state index contributed by atoms with van der Waals surface area (Å²) in [7, 11) is 0. The quantitative estimate of drug-likeness (QED) is 0.174. The average Bonchev–Trinajstić information content (AvgIpc) is 3.88. The summed E-state index contributed by atoms with van der Waals surface area (Å²) in [6.45, 7) is 0. The number of nitrogens with zero attached hydrogens (tertiary/aromatic N) is 3. The van der Waals surface area contributed by atoms with Crippen molar-refractivity contribution in [3.8, 4) is 50.6 Å². The van der Waals surface area contributed by atoms with Gasteiger partial charge in [0.1, 0.15) is 11.2 Å². The normalized spacial score (nSPS) is 11.9. The maximum absolute atomic E-state index is 6.74. The lowest BCUT2D eigenvalue weighted by atomic mass is 9.91. The number of hydrogen-bond donors (Lipinski definition) is 0. The summed E-state index contributed by atoms with van der Waals surface area (Å²) in [6, 6.07) is 75.7. The van der Waals surface area contributed by atoms with Crippen molar-refractivity contribution in [1.29, 1.82) is 0 Å². The first-order valence-corrected chi connectivity index (χ1v) is 21.1. The van der Waals surface area contributed by atoms with Gasteiger partial charge >= 0.3 is 0 Å². The third-order valence-electron chi connectivity index (χ3n) is 12.6. The van der Waals surface area contributed by atoms with Crippen LogP contribution in [-0.2, 0) is 0 Å². The van der Waals surface area contributed by atoms with Crippen LogP contribution in [0.4, 0.5) is 0 Å². The maximum atomic E-state index is 6.74. The van der Waals surface area contributed by atoms with Crippen LogP contribution in [0, 0.1) is 0 Å². The van der Waals surface area contributed by atoms with Gasteiger partial charge in [-0.25, -0.2) is 9.97 Å². The molecule has 0 bridgehead atoms. The molecule has 0 saturated heterocycles. The molecular weight excluding hydrogens is 755 g/mol. The minimum absolute atomic E-state index is 0.595. The van der Waals surface area contributed by atoms with Gasteiger partial charge in [-0.1, -0.05) is 164 Å². The summed E-state index contributed by atoms with van der Waals surface area (Å²) >= 11 is 0. The molecule has 10 aromatic carbocycles. The van der Waals surface area contributed by atoms with Crippen LogP contribution >= 0.6 is 0 Å². The number of fused-ring (bicyclic) bond motifs is 9. The average molecular weight is 790 g/mol. The Morgan fingerprint density at radius 1 is 0.339 bits per heavy atom. The predicted octanol–water partition coefficient (Wildman–Crippen LogP) is 15.6. The van der Waals surface area contributed by atoms with Crippen LogP contribution in [0.25, 0.3) is 127 Å². The molecule has 13 aromatic rings. The van der Waals surface area contributed by atoms with Gasteiger partial charge in [-0.15, -0.1) is 0 Å². The standard InChI is InChI=1S/C58H35N3O/c1-3-15-37(16-4-1)48-34-51-52(35-49(48)38-17-5-2-6-18-38)59-58(60-56(51)47-24-13-23-46-45-22-11-12-25-55(45)62-57(46)47)61-53-33-43(42-27-26-36-14-7-8-19-39(36)30-42)28-29-44(53)50-31-40-20-9-10-21-41(40)32-54(50)61/h1-35H. The molecule has 3 aromatic heterocycles. The predicted molar refractivity (Wildman–Crippen MR) is 258 cm³/mol. The van der Waals surface area contributed by atoms with Gasteiger partial charge in [0, 0.05) is 32.5 Å². The number of aromatic nitrogens is 3. The Morgan fingerprint density at radius 2 is 0.952 bits per heavy atom. The van der Waals surface area contributed by atoms with Crippen molar-refractivity contribution in [2.24, 2.45) is 0 Å². The van der Waals surface area contributed by atoms with E-state index in [-0.39, 0.29) is 0 Å². The molecule has 0 radical (unpaired) electrons. The summed E-state index contributed by atoms with van der Waals surface area (Å²) in [4.78, 5) is 11.3. The second kappa shape index (κ2) is 13.6. The fourth-order valence-corrected chi connectivity index (χ4v) is 9.58. The van der Waals surface area contributed by atoms with Crippen LogP contribution in [0.15, 0.2) is 217 Å². The molecule has 0 aliphatic heterocycles. The molecule has 0 saturated carbocycles. The van der Waals surface area contributed by atoms with Gasteiger partial charge in [0.05, 0.1) is 22.2 Å². The van der Waals surface area contributed by atoms with Crippen molar-refractivity contribution in [2.75, 3.05) is 0 Å². The third kappa shape index (κ3) is 5.40. The second-order valence-electron chi connectivity index (χ2n) is 16.1. The first kappa shape index (κ1) is 34.5. The van der Waals surface area contributed by atoms with E-state index in [1.807, 2.05) is 12.1 Å². The summed E-state index contributed by atoms with van der Waals surface area (Å²) in [5.41, 5.74) is 13.1. The molecule has 0 atom stereocenters.